The van der Waals surface area contributed by atoms with Gasteiger partial charge >= 0.3 is 10.2 Å². The van der Waals surface area contributed by atoms with E-state index in [1.165, 1.54) is 24.3 Å². The van der Waals surface area contributed by atoms with Gasteiger partial charge in [0.1, 0.15) is 16.3 Å². The second-order valence-corrected chi connectivity index (χ2v) is 9.43. The van der Waals surface area contributed by atoms with E-state index in [-0.39, 0.29) is 17.9 Å². The van der Waals surface area contributed by atoms with Gasteiger partial charge in [-0.15, -0.1) is 11.8 Å². The summed E-state index contributed by atoms with van der Waals surface area (Å²) >= 11 is 1.01. The van der Waals surface area contributed by atoms with Crippen LogP contribution in [0.3, 0.4) is 0 Å². The van der Waals surface area contributed by atoms with Crippen LogP contribution in [0, 0.1) is 5.82 Å². The molecule has 0 radical (unpaired) electrons. The van der Waals surface area contributed by atoms with E-state index in [1.807, 2.05) is 5.32 Å². The summed E-state index contributed by atoms with van der Waals surface area (Å²) in [7, 11) is -9.89. The maximum atomic E-state index is 12.8. The van der Waals surface area contributed by atoms with Crippen molar-refractivity contribution in [2.75, 3.05) is 11.1 Å². The molecule has 1 amide bonds. The highest BCUT2D eigenvalue weighted by Gasteiger charge is 2.65. The van der Waals surface area contributed by atoms with E-state index in [9.17, 15) is 33.7 Å². The Balaban J connectivity index is 2.10. The molecule has 2 aromatic carbocycles. The number of anilines is 1. The van der Waals surface area contributed by atoms with Crippen molar-refractivity contribution in [3.63, 3.8) is 0 Å². The summed E-state index contributed by atoms with van der Waals surface area (Å²) in [5.74, 6) is -1.74. The van der Waals surface area contributed by atoms with Crippen molar-refractivity contribution in [1.82, 2.24) is 0 Å². The van der Waals surface area contributed by atoms with Crippen LogP contribution in [-0.4, -0.2) is 22.4 Å². The minimum atomic E-state index is -9.89. The van der Waals surface area contributed by atoms with Crippen LogP contribution in [0.1, 0.15) is 6.92 Å². The fourth-order valence-electron chi connectivity index (χ4n) is 1.90. The number of aliphatic hydroxyl groups is 1. The first-order valence-corrected chi connectivity index (χ1v) is 10.3. The van der Waals surface area contributed by atoms with Gasteiger partial charge < -0.3 is 10.4 Å². The molecule has 0 saturated carbocycles. The predicted octanol–water partition coefficient (Wildman–Crippen LogP) is 5.96. The lowest BCUT2D eigenvalue weighted by atomic mass is 10.1. The van der Waals surface area contributed by atoms with Gasteiger partial charge in [0.25, 0.3) is 5.91 Å². The first-order valence-electron chi connectivity index (χ1n) is 7.33. The lowest BCUT2D eigenvalue weighted by Gasteiger charge is -2.40. The number of halogens is 6. The van der Waals surface area contributed by atoms with Crippen LogP contribution in [0.2, 0.25) is 0 Å². The molecule has 3 nitrogen and oxygen atoms in total. The quantitative estimate of drug-likeness (QED) is 0.438. The molecule has 0 heterocycles. The zero-order valence-electron chi connectivity index (χ0n) is 13.8. The minimum absolute atomic E-state index is 0.114. The Morgan fingerprint density at radius 1 is 1.11 bits per heavy atom. The maximum Gasteiger partial charge on any atom is 0.310 e. The molecule has 1 unspecified atom stereocenters. The second-order valence-electron chi connectivity index (χ2n) is 5.97. The molecule has 0 aromatic heterocycles. The summed E-state index contributed by atoms with van der Waals surface area (Å²) in [6.07, 6.45) is 0. The van der Waals surface area contributed by atoms with Gasteiger partial charge in [-0.2, -0.15) is 0 Å². The number of amides is 1. The van der Waals surface area contributed by atoms with Crippen LogP contribution >= 0.6 is 22.0 Å². The third kappa shape index (κ3) is 6.08. The Morgan fingerprint density at radius 3 is 2.26 bits per heavy atom. The molecule has 0 aliphatic rings. The molecule has 150 valence electrons. The van der Waals surface area contributed by atoms with Crippen molar-refractivity contribution in [2.45, 2.75) is 22.3 Å². The Morgan fingerprint density at radius 2 is 1.70 bits per heavy atom. The average molecular weight is 431 g/mol. The van der Waals surface area contributed by atoms with E-state index in [0.717, 1.165) is 30.8 Å². The summed E-state index contributed by atoms with van der Waals surface area (Å²) in [4.78, 5) is 10.5. The molecule has 2 rings (SSSR count). The third-order valence-electron chi connectivity index (χ3n) is 3.36. The predicted molar refractivity (Wildman–Crippen MR) is 94.2 cm³/mol. The summed E-state index contributed by atoms with van der Waals surface area (Å²) in [5, 5.41) is 12.2. The lowest BCUT2D eigenvalue weighted by Crippen LogP contribution is -2.42. The zero-order valence-corrected chi connectivity index (χ0v) is 15.4. The third-order valence-corrected chi connectivity index (χ3v) is 5.82. The Labute approximate surface area is 155 Å². The monoisotopic (exact) mass is 431 g/mol. The standard InChI is InChI=1S/C16H15F6NO2S2/c1-16(25,10-26-13-7-5-11(17)6-8-13)15(24)23-12-3-2-4-14(9-12)27(18,19,20,21)22/h2-9,25H,10H2,1H3,(H,23,24). The van der Waals surface area contributed by atoms with Crippen molar-refractivity contribution in [3.8, 4) is 0 Å². The number of carbonyl (C=O) groups is 1. The fourth-order valence-corrected chi connectivity index (χ4v) is 3.49. The summed E-state index contributed by atoms with van der Waals surface area (Å²) < 4.78 is 77.1. The smallest absolute Gasteiger partial charge is 0.310 e. The Kier molecular flexibility index (Phi) is 5.04. The highest BCUT2D eigenvalue weighted by molar-refractivity contribution is 8.45. The van der Waals surface area contributed by atoms with Crippen molar-refractivity contribution in [2.24, 2.45) is 0 Å². The van der Waals surface area contributed by atoms with Crippen molar-refractivity contribution < 1.29 is 33.7 Å². The van der Waals surface area contributed by atoms with Crippen LogP contribution < -0.4 is 5.32 Å². The zero-order chi connectivity index (χ0) is 20.6. The van der Waals surface area contributed by atoms with Gasteiger partial charge in [-0.3, -0.25) is 4.79 Å². The molecule has 11 heteroatoms. The largest absolute Gasteiger partial charge is 0.379 e. The van der Waals surface area contributed by atoms with Crippen molar-refractivity contribution in [3.05, 3.63) is 54.3 Å². The molecule has 2 N–H and O–H groups in total. The van der Waals surface area contributed by atoms with Gasteiger partial charge in [-0.1, -0.05) is 25.5 Å². The first kappa shape index (κ1) is 21.5. The Hall–Kier alpha value is -1.85. The second kappa shape index (κ2) is 6.35. The number of thioether (sulfide) groups is 1. The minimum Gasteiger partial charge on any atom is -0.379 e. The van der Waals surface area contributed by atoms with Gasteiger partial charge in [0.15, 0.2) is 0 Å². The first-order chi connectivity index (χ1) is 12.1. The molecule has 0 aliphatic heterocycles. The highest BCUT2D eigenvalue weighted by Crippen LogP contribution is 3.02. The molecule has 0 aliphatic carbocycles. The van der Waals surface area contributed by atoms with Crippen LogP contribution in [-0.2, 0) is 4.79 Å². The van der Waals surface area contributed by atoms with Crippen molar-refractivity contribution >= 4 is 33.6 Å². The van der Waals surface area contributed by atoms with Crippen LogP contribution in [0.25, 0.3) is 0 Å². The van der Waals surface area contributed by atoms with Gasteiger partial charge in [0.05, 0.1) is 0 Å². The number of hydrogen-bond acceptors (Lipinski definition) is 3. The van der Waals surface area contributed by atoms with E-state index >= 15 is 0 Å². The number of carbonyl (C=O) groups excluding carboxylic acids is 1. The molecule has 2 aromatic rings. The van der Waals surface area contributed by atoms with E-state index in [0.29, 0.717) is 4.90 Å². The summed E-state index contributed by atoms with van der Waals surface area (Å²) in [5.41, 5.74) is -2.55. The molecular weight excluding hydrogens is 416 g/mol. The summed E-state index contributed by atoms with van der Waals surface area (Å²) in [6, 6.07) is 7.25. The van der Waals surface area contributed by atoms with Gasteiger partial charge in [-0.05, 0) is 49.4 Å². The normalized spacial score (nSPS) is 16.7. The van der Waals surface area contributed by atoms with E-state index in [4.69, 9.17) is 0 Å². The Bertz CT molecular complexity index is 854. The van der Waals surface area contributed by atoms with Crippen LogP contribution in [0.5, 0.6) is 0 Å². The SMILES string of the molecule is CC(O)(CSc1ccc(F)cc1)C(=O)Nc1cccc(S(F)(F)(F)(F)F)c1. The van der Waals surface area contributed by atoms with Crippen LogP contribution in [0.15, 0.2) is 58.3 Å². The molecule has 0 saturated heterocycles. The number of hydrogen-bond donors (Lipinski definition) is 2. The molecule has 1 atom stereocenters. The average Bonchev–Trinajstić information content (AvgIpc) is 2.52. The lowest BCUT2D eigenvalue weighted by molar-refractivity contribution is -0.130. The topological polar surface area (TPSA) is 49.3 Å². The molecule has 0 fully saturated rings. The van der Waals surface area contributed by atoms with Crippen LogP contribution in [0.4, 0.5) is 29.5 Å². The number of benzene rings is 2. The molecule has 0 spiro atoms. The highest BCUT2D eigenvalue weighted by atomic mass is 32.5. The van der Waals surface area contributed by atoms with E-state index in [1.54, 1.807) is 0 Å². The summed E-state index contributed by atoms with van der Waals surface area (Å²) in [6.45, 7) is 1.12. The number of nitrogens with one attached hydrogen (secondary N) is 1. The van der Waals surface area contributed by atoms with Gasteiger partial charge in [0, 0.05) is 16.3 Å². The molecule has 0 bridgehead atoms. The molecular formula is C16H15F6NO2S2. The fraction of sp³-hybridized carbons (Fsp3) is 0.188. The van der Waals surface area contributed by atoms with E-state index in [2.05, 4.69) is 0 Å². The van der Waals surface area contributed by atoms with Crippen molar-refractivity contribution in [1.29, 1.82) is 0 Å². The number of rotatable bonds is 6. The van der Waals surface area contributed by atoms with E-state index < -0.39 is 38.1 Å². The van der Waals surface area contributed by atoms with Gasteiger partial charge in [0.2, 0.25) is 0 Å². The maximum absolute atomic E-state index is 12.8. The van der Waals surface area contributed by atoms with Gasteiger partial charge in [-0.25, -0.2) is 4.39 Å². The molecule has 27 heavy (non-hydrogen) atoms.